The van der Waals surface area contributed by atoms with E-state index in [1.165, 1.54) is 10.9 Å². The number of phosphoric acid groups is 1. The highest BCUT2D eigenvalue weighted by molar-refractivity contribution is 7.46. The number of guanidine groups is 1. The minimum atomic E-state index is -4.73. The van der Waals surface area contributed by atoms with Crippen molar-refractivity contribution in [3.05, 3.63) is 18.6 Å². The zero-order valence-corrected chi connectivity index (χ0v) is 13.1. The molecule has 0 radical (unpaired) electrons. The fourth-order valence-corrected chi connectivity index (χ4v) is 2.83. The van der Waals surface area contributed by atoms with Gasteiger partial charge in [0.1, 0.15) is 24.0 Å². The summed E-state index contributed by atoms with van der Waals surface area (Å²) in [4.78, 5) is 25.6. The molecule has 1 saturated heterocycles. The highest BCUT2D eigenvalue weighted by Gasteiger charge is 2.45. The number of imidazole rings is 1. The van der Waals surface area contributed by atoms with Crippen LogP contribution in [0.2, 0.25) is 0 Å². The number of fused-ring (bicyclic) bond motifs is 1. The Balaban J connectivity index is 1.84. The van der Waals surface area contributed by atoms with Gasteiger partial charge in [0.15, 0.2) is 18.0 Å². The van der Waals surface area contributed by atoms with E-state index in [0.29, 0.717) is 11.4 Å². The molecule has 12 nitrogen and oxygen atoms in total. The average Bonchev–Trinajstić information content (AvgIpc) is 3.00. The highest BCUT2D eigenvalue weighted by Crippen LogP contribution is 2.40. The minimum absolute atomic E-state index is 0.0728. The molecule has 3 heterocycles. The molecule has 0 aliphatic carbocycles. The number of hydrogen-bond donors (Lipinski definition) is 6. The van der Waals surface area contributed by atoms with Crippen molar-refractivity contribution in [3.8, 4) is 0 Å². The fourth-order valence-electron chi connectivity index (χ4n) is 2.49. The number of rotatable bonds is 4. The van der Waals surface area contributed by atoms with E-state index in [-0.39, 0.29) is 11.8 Å². The lowest BCUT2D eigenvalue weighted by atomic mass is 10.1. The fraction of sp³-hybridized carbons (Fsp3) is 0.455. The summed E-state index contributed by atoms with van der Waals surface area (Å²) in [7, 11) is -4.73. The summed E-state index contributed by atoms with van der Waals surface area (Å²) in [5, 5.41) is 22.9. The zero-order chi connectivity index (χ0) is 17.6. The molecule has 0 bridgehead atoms. The van der Waals surface area contributed by atoms with Gasteiger partial charge in [-0.15, -0.1) is 0 Å². The molecule has 1 aromatic heterocycles. The Morgan fingerprint density at radius 1 is 1.46 bits per heavy atom. The second kappa shape index (κ2) is 5.93. The number of aliphatic imine (C=N–C) groups is 1. The van der Waals surface area contributed by atoms with Crippen LogP contribution in [-0.4, -0.2) is 60.4 Å². The van der Waals surface area contributed by atoms with Crippen LogP contribution in [0.5, 0.6) is 0 Å². The van der Waals surface area contributed by atoms with Crippen LogP contribution in [0.15, 0.2) is 17.9 Å². The second-order valence-electron chi connectivity index (χ2n) is 5.26. The largest absolute Gasteiger partial charge is 0.469 e. The van der Waals surface area contributed by atoms with Crippen molar-refractivity contribution < 1.29 is 33.8 Å². The van der Waals surface area contributed by atoms with Crippen LogP contribution in [-0.2, 0) is 13.8 Å². The van der Waals surface area contributed by atoms with Crippen molar-refractivity contribution in [2.75, 3.05) is 6.61 Å². The van der Waals surface area contributed by atoms with E-state index in [9.17, 15) is 14.8 Å². The van der Waals surface area contributed by atoms with Gasteiger partial charge in [-0.1, -0.05) is 6.58 Å². The van der Waals surface area contributed by atoms with Crippen LogP contribution in [0, 0.1) is 0 Å². The number of nitrogens with one attached hydrogen (secondary N) is 1. The lowest BCUT2D eigenvalue weighted by molar-refractivity contribution is -0.0512. The molecule has 0 amide bonds. The van der Waals surface area contributed by atoms with E-state index in [4.69, 9.17) is 20.3 Å². The van der Waals surface area contributed by atoms with Crippen molar-refractivity contribution in [3.63, 3.8) is 0 Å². The van der Waals surface area contributed by atoms with Gasteiger partial charge in [0.2, 0.25) is 0 Å². The van der Waals surface area contributed by atoms with Gasteiger partial charge in [0.05, 0.1) is 18.6 Å². The smallest absolute Gasteiger partial charge is 0.387 e. The standard InChI is InChI=1S/C11H16N5O7P/c1-4-6-9(15-11(12)14-4)16(3-13-6)10-8(18)7(17)5(23-10)2-22-24(19,20)21/h3,5,7-8,10,17-18H,1-2H2,(H3,12,14,15)(H2,19,20,21)/t5-,7?,8+,10-/m1/s1. The van der Waals surface area contributed by atoms with Crippen molar-refractivity contribution >= 4 is 25.3 Å². The Bertz CT molecular complexity index is 743. The summed E-state index contributed by atoms with van der Waals surface area (Å²) in [6.07, 6.45) is -3.74. The Hall–Kier alpha value is -1.79. The molecule has 1 aromatic rings. The van der Waals surface area contributed by atoms with E-state index < -0.39 is 39.0 Å². The summed E-state index contributed by atoms with van der Waals surface area (Å²) in [5.41, 5.74) is 6.43. The SMILES string of the molecule is C=C1NC(N)=Nc2c1ncn2[C@@H]1O[C@H](COP(=O)(O)O)C(O)[C@@H]1O. The maximum Gasteiger partial charge on any atom is 0.469 e. The van der Waals surface area contributed by atoms with E-state index in [0.717, 1.165) is 0 Å². The van der Waals surface area contributed by atoms with Crippen molar-refractivity contribution in [2.45, 2.75) is 24.5 Å². The number of hydrogen-bond acceptors (Lipinski definition) is 9. The summed E-state index contributed by atoms with van der Waals surface area (Å²) in [6, 6.07) is 0. The van der Waals surface area contributed by atoms with Gasteiger partial charge in [-0.2, -0.15) is 4.99 Å². The number of phosphoric ester groups is 1. The first-order chi connectivity index (χ1) is 11.2. The molecule has 0 aromatic carbocycles. The summed E-state index contributed by atoms with van der Waals surface area (Å²) < 4.78 is 21.9. The number of nitrogens with two attached hydrogens (primary N) is 1. The number of aliphatic hydroxyl groups is 2. The lowest BCUT2D eigenvalue weighted by Gasteiger charge is -2.20. The first-order valence-corrected chi connectivity index (χ1v) is 8.29. The maximum atomic E-state index is 10.8. The van der Waals surface area contributed by atoms with Gasteiger partial charge in [-0.05, 0) is 0 Å². The van der Waals surface area contributed by atoms with Gasteiger partial charge in [-0.3, -0.25) is 9.09 Å². The molecule has 0 spiro atoms. The molecule has 7 N–H and O–H groups in total. The van der Waals surface area contributed by atoms with Crippen LogP contribution in [0.3, 0.4) is 0 Å². The molecule has 2 aliphatic rings. The van der Waals surface area contributed by atoms with Gasteiger partial charge in [0, 0.05) is 0 Å². The predicted molar refractivity (Wildman–Crippen MR) is 79.6 cm³/mol. The van der Waals surface area contributed by atoms with Gasteiger partial charge >= 0.3 is 7.82 Å². The molecule has 132 valence electrons. The first-order valence-electron chi connectivity index (χ1n) is 6.76. The maximum absolute atomic E-state index is 10.8. The topological polar surface area (TPSA) is 185 Å². The normalized spacial score (nSPS) is 30.0. The third-order valence-corrected chi connectivity index (χ3v) is 4.06. The Labute approximate surface area is 135 Å². The van der Waals surface area contributed by atoms with Crippen LogP contribution < -0.4 is 11.1 Å². The molecule has 1 fully saturated rings. The minimum Gasteiger partial charge on any atom is -0.387 e. The summed E-state index contributed by atoms with van der Waals surface area (Å²) in [6.45, 7) is 3.14. The third-order valence-electron chi connectivity index (χ3n) is 3.58. The zero-order valence-electron chi connectivity index (χ0n) is 12.2. The second-order valence-corrected chi connectivity index (χ2v) is 6.50. The highest BCUT2D eigenvalue weighted by atomic mass is 31.2. The number of aliphatic hydroxyl groups excluding tert-OH is 2. The molecule has 0 saturated carbocycles. The van der Waals surface area contributed by atoms with Crippen molar-refractivity contribution in [1.29, 1.82) is 0 Å². The Morgan fingerprint density at radius 3 is 2.83 bits per heavy atom. The monoisotopic (exact) mass is 361 g/mol. The third kappa shape index (κ3) is 3.08. The van der Waals surface area contributed by atoms with Crippen LogP contribution in [0.25, 0.3) is 5.70 Å². The van der Waals surface area contributed by atoms with Crippen molar-refractivity contribution in [1.82, 2.24) is 14.9 Å². The number of aromatic nitrogens is 2. The molecular weight excluding hydrogens is 345 g/mol. The summed E-state index contributed by atoms with van der Waals surface area (Å²) >= 11 is 0. The Kier molecular flexibility index (Phi) is 4.21. The molecular formula is C11H16N5O7P. The van der Waals surface area contributed by atoms with Gasteiger partial charge in [0.25, 0.3) is 0 Å². The quantitative estimate of drug-likeness (QED) is 0.332. The lowest BCUT2D eigenvalue weighted by Crippen LogP contribution is -2.34. The van der Waals surface area contributed by atoms with Crippen LogP contribution >= 0.6 is 7.82 Å². The predicted octanol–water partition coefficient (Wildman–Crippen LogP) is -1.87. The molecule has 4 atom stereocenters. The number of nitrogens with zero attached hydrogens (tertiary/aromatic N) is 3. The molecule has 24 heavy (non-hydrogen) atoms. The van der Waals surface area contributed by atoms with Gasteiger partial charge in [-0.25, -0.2) is 9.55 Å². The van der Waals surface area contributed by atoms with E-state index >= 15 is 0 Å². The molecule has 1 unspecified atom stereocenters. The molecule has 2 aliphatic heterocycles. The van der Waals surface area contributed by atoms with Gasteiger partial charge < -0.3 is 35.8 Å². The summed E-state index contributed by atoms with van der Waals surface area (Å²) in [5.74, 6) is 0.340. The molecule has 13 heteroatoms. The molecule has 3 rings (SSSR count). The van der Waals surface area contributed by atoms with Crippen molar-refractivity contribution in [2.24, 2.45) is 10.7 Å². The van der Waals surface area contributed by atoms with E-state index in [2.05, 4.69) is 26.4 Å². The van der Waals surface area contributed by atoms with E-state index in [1.54, 1.807) is 0 Å². The number of ether oxygens (including phenoxy) is 1. The first kappa shape index (κ1) is 17.0. The average molecular weight is 361 g/mol. The van der Waals surface area contributed by atoms with Crippen LogP contribution in [0.1, 0.15) is 11.9 Å². The van der Waals surface area contributed by atoms with E-state index in [1.807, 2.05) is 0 Å². The Morgan fingerprint density at radius 2 is 2.17 bits per heavy atom. The van der Waals surface area contributed by atoms with Crippen LogP contribution in [0.4, 0.5) is 5.82 Å².